The maximum atomic E-state index is 13.5. The molecule has 1 saturated carbocycles. The molecule has 0 saturated heterocycles. The molecule has 1 aromatic rings. The van der Waals surface area contributed by atoms with Crippen molar-refractivity contribution in [2.24, 2.45) is 0 Å². The average Bonchev–Trinajstić information content (AvgIpc) is 2.19. The van der Waals surface area contributed by atoms with Crippen molar-refractivity contribution in [3.8, 4) is 0 Å². The summed E-state index contributed by atoms with van der Waals surface area (Å²) in [4.78, 5) is 3.75. The van der Waals surface area contributed by atoms with E-state index in [4.69, 9.17) is 0 Å². The second-order valence-electron chi connectivity index (χ2n) is 4.17. The van der Waals surface area contributed by atoms with Crippen LogP contribution in [0.3, 0.4) is 0 Å². The summed E-state index contributed by atoms with van der Waals surface area (Å²) in [5.74, 6) is 0.161. The van der Waals surface area contributed by atoms with E-state index in [1.54, 1.807) is 6.20 Å². The van der Waals surface area contributed by atoms with Crippen molar-refractivity contribution in [2.75, 3.05) is 0 Å². The maximum absolute atomic E-state index is 13.5. The van der Waals surface area contributed by atoms with Gasteiger partial charge in [-0.05, 0) is 37.3 Å². The van der Waals surface area contributed by atoms with Gasteiger partial charge in [0.15, 0.2) is 0 Å². The molecule has 0 unspecified atom stereocenters. The van der Waals surface area contributed by atoms with Gasteiger partial charge in [0, 0.05) is 11.8 Å². The lowest BCUT2D eigenvalue weighted by molar-refractivity contribution is 0.422. The number of nitrogens with zero attached hydrogens (tertiary/aromatic N) is 1. The van der Waals surface area contributed by atoms with E-state index in [-0.39, 0.29) is 5.95 Å². The van der Waals surface area contributed by atoms with E-state index in [1.807, 2.05) is 13.0 Å². The number of hydrogen-bond donors (Lipinski definition) is 0. The van der Waals surface area contributed by atoms with E-state index in [2.05, 4.69) is 4.98 Å². The molecule has 0 aromatic carbocycles. The van der Waals surface area contributed by atoms with Gasteiger partial charge in [0.25, 0.3) is 0 Å². The highest BCUT2D eigenvalue weighted by molar-refractivity contribution is 5.27. The Morgan fingerprint density at radius 1 is 1.29 bits per heavy atom. The smallest absolute Gasteiger partial charge is 0.216 e. The van der Waals surface area contributed by atoms with Crippen LogP contribution < -0.4 is 0 Å². The van der Waals surface area contributed by atoms with Crippen molar-refractivity contribution in [3.05, 3.63) is 29.3 Å². The lowest BCUT2D eigenvalue weighted by Crippen LogP contribution is -2.09. The summed E-state index contributed by atoms with van der Waals surface area (Å²) in [6, 6.07) is 1.91. The lowest BCUT2D eigenvalue weighted by Gasteiger charge is -2.23. The highest BCUT2D eigenvalue weighted by atomic mass is 19.1. The molecular weight excluding hydrogens is 177 g/mol. The Kier molecular flexibility index (Phi) is 2.80. The predicted octanol–water partition coefficient (Wildman–Crippen LogP) is 3.58. The molecule has 1 aliphatic rings. The van der Waals surface area contributed by atoms with Gasteiger partial charge in [0.05, 0.1) is 0 Å². The van der Waals surface area contributed by atoms with Crippen LogP contribution in [0.2, 0.25) is 0 Å². The first kappa shape index (κ1) is 9.63. The molecular formula is C12H16FN. The first-order chi connectivity index (χ1) is 6.79. The van der Waals surface area contributed by atoms with Gasteiger partial charge in [-0.2, -0.15) is 4.39 Å². The third kappa shape index (κ3) is 1.79. The van der Waals surface area contributed by atoms with E-state index in [9.17, 15) is 4.39 Å². The Bertz CT molecular complexity index is 296. The monoisotopic (exact) mass is 193 g/mol. The van der Waals surface area contributed by atoms with Crippen molar-refractivity contribution >= 4 is 0 Å². The van der Waals surface area contributed by atoms with Gasteiger partial charge in [-0.1, -0.05) is 19.3 Å². The van der Waals surface area contributed by atoms with Crippen molar-refractivity contribution in [3.63, 3.8) is 0 Å². The molecule has 1 nitrogen and oxygen atoms in total. The number of hydrogen-bond acceptors (Lipinski definition) is 1. The molecule has 1 fully saturated rings. The van der Waals surface area contributed by atoms with E-state index >= 15 is 0 Å². The van der Waals surface area contributed by atoms with Crippen LogP contribution in [-0.4, -0.2) is 4.98 Å². The van der Waals surface area contributed by atoms with Crippen LogP contribution in [0.5, 0.6) is 0 Å². The molecule has 1 aliphatic carbocycles. The van der Waals surface area contributed by atoms with E-state index in [0.717, 1.165) is 24.0 Å². The fourth-order valence-electron chi connectivity index (χ4n) is 2.42. The average molecular weight is 193 g/mol. The van der Waals surface area contributed by atoms with Gasteiger partial charge in [0.1, 0.15) is 0 Å². The van der Waals surface area contributed by atoms with Gasteiger partial charge >= 0.3 is 0 Å². The summed E-state index contributed by atoms with van der Waals surface area (Å²) in [5, 5.41) is 0. The van der Waals surface area contributed by atoms with Crippen molar-refractivity contribution in [1.29, 1.82) is 0 Å². The van der Waals surface area contributed by atoms with E-state index in [0.29, 0.717) is 5.92 Å². The van der Waals surface area contributed by atoms with Crippen LogP contribution in [0, 0.1) is 12.9 Å². The fourth-order valence-corrected chi connectivity index (χ4v) is 2.42. The summed E-state index contributed by atoms with van der Waals surface area (Å²) < 4.78 is 13.5. The summed E-state index contributed by atoms with van der Waals surface area (Å²) in [6.45, 7) is 1.98. The second-order valence-corrected chi connectivity index (χ2v) is 4.17. The number of aromatic nitrogens is 1. The SMILES string of the molecule is Cc1ccnc(F)c1C1CCCCC1. The van der Waals surface area contributed by atoms with Crippen LogP contribution in [0.25, 0.3) is 0 Å². The van der Waals surface area contributed by atoms with Crippen molar-refractivity contribution in [1.82, 2.24) is 4.98 Å². The minimum Gasteiger partial charge on any atom is -0.228 e. The first-order valence-electron chi connectivity index (χ1n) is 5.40. The molecule has 0 amide bonds. The largest absolute Gasteiger partial charge is 0.228 e. The second kappa shape index (κ2) is 4.07. The minimum absolute atomic E-state index is 0.253. The Morgan fingerprint density at radius 3 is 2.64 bits per heavy atom. The van der Waals surface area contributed by atoms with Gasteiger partial charge < -0.3 is 0 Å². The van der Waals surface area contributed by atoms with E-state index in [1.165, 1.54) is 19.3 Å². The van der Waals surface area contributed by atoms with Crippen molar-refractivity contribution in [2.45, 2.75) is 44.9 Å². The molecule has 1 heterocycles. The van der Waals surface area contributed by atoms with Gasteiger partial charge in [-0.15, -0.1) is 0 Å². The third-order valence-electron chi connectivity index (χ3n) is 3.17. The Labute approximate surface area is 84.4 Å². The van der Waals surface area contributed by atoms with Crippen molar-refractivity contribution < 1.29 is 4.39 Å². The molecule has 0 bridgehead atoms. The zero-order valence-electron chi connectivity index (χ0n) is 8.59. The fraction of sp³-hybridized carbons (Fsp3) is 0.583. The highest BCUT2D eigenvalue weighted by Gasteiger charge is 2.20. The molecule has 0 atom stereocenters. The van der Waals surface area contributed by atoms with Gasteiger partial charge in [-0.25, -0.2) is 4.98 Å². The third-order valence-corrected chi connectivity index (χ3v) is 3.17. The molecule has 0 radical (unpaired) electrons. The number of aryl methyl sites for hydroxylation is 1. The maximum Gasteiger partial charge on any atom is 0.216 e. The lowest BCUT2D eigenvalue weighted by atomic mass is 9.83. The minimum atomic E-state index is -0.253. The standard InChI is InChI=1S/C12H16FN/c1-9-7-8-14-12(13)11(9)10-5-3-2-4-6-10/h7-8,10H,2-6H2,1H3. The van der Waals surface area contributed by atoms with Gasteiger partial charge in [0.2, 0.25) is 5.95 Å². The van der Waals surface area contributed by atoms with Crippen LogP contribution in [0.1, 0.15) is 49.1 Å². The number of rotatable bonds is 1. The molecule has 1 aromatic heterocycles. The molecule has 2 rings (SSSR count). The van der Waals surface area contributed by atoms with Crippen LogP contribution in [0.4, 0.5) is 4.39 Å². The Hall–Kier alpha value is -0.920. The summed E-state index contributed by atoms with van der Waals surface area (Å²) in [6.07, 6.45) is 7.58. The molecule has 0 N–H and O–H groups in total. The number of halogens is 1. The molecule has 0 spiro atoms. The first-order valence-corrected chi connectivity index (χ1v) is 5.40. The zero-order valence-corrected chi connectivity index (χ0v) is 8.59. The molecule has 0 aliphatic heterocycles. The Balaban J connectivity index is 2.29. The predicted molar refractivity (Wildman–Crippen MR) is 54.8 cm³/mol. The van der Waals surface area contributed by atoms with Crippen LogP contribution in [0.15, 0.2) is 12.3 Å². The van der Waals surface area contributed by atoms with E-state index < -0.39 is 0 Å². The number of pyridine rings is 1. The quantitative estimate of drug-likeness (QED) is 0.621. The summed E-state index contributed by atoms with van der Waals surface area (Å²) in [5.41, 5.74) is 1.93. The van der Waals surface area contributed by atoms with Crippen LogP contribution in [-0.2, 0) is 0 Å². The van der Waals surface area contributed by atoms with Crippen LogP contribution >= 0.6 is 0 Å². The topological polar surface area (TPSA) is 12.9 Å². The molecule has 14 heavy (non-hydrogen) atoms. The normalized spacial score (nSPS) is 18.4. The Morgan fingerprint density at radius 2 is 2.00 bits per heavy atom. The highest BCUT2D eigenvalue weighted by Crippen LogP contribution is 2.34. The summed E-state index contributed by atoms with van der Waals surface area (Å²) >= 11 is 0. The zero-order chi connectivity index (χ0) is 9.97. The van der Waals surface area contributed by atoms with Gasteiger partial charge in [-0.3, -0.25) is 0 Å². The summed E-state index contributed by atoms with van der Waals surface area (Å²) in [7, 11) is 0. The molecule has 76 valence electrons. The molecule has 2 heteroatoms.